The first-order valence-corrected chi connectivity index (χ1v) is 11.2. The Bertz CT molecular complexity index is 1430. The molecule has 0 bridgehead atoms. The van der Waals surface area contributed by atoms with Crippen LogP contribution in [0.5, 0.6) is 23.3 Å². The summed E-state index contributed by atoms with van der Waals surface area (Å²) in [7, 11) is 0. The molecular formula is C26H19BrF2N2O4. The Morgan fingerprint density at radius 3 is 2.31 bits per heavy atom. The van der Waals surface area contributed by atoms with Gasteiger partial charge in [-0.05, 0) is 59.5 Å². The van der Waals surface area contributed by atoms with Crippen LogP contribution in [0, 0.1) is 18.6 Å². The van der Waals surface area contributed by atoms with E-state index in [0.717, 1.165) is 16.7 Å². The molecule has 35 heavy (non-hydrogen) atoms. The lowest BCUT2D eigenvalue weighted by Gasteiger charge is -2.13. The molecule has 0 aliphatic carbocycles. The highest BCUT2D eigenvalue weighted by atomic mass is 79.9. The third-order valence-electron chi connectivity index (χ3n) is 5.11. The number of halogens is 3. The second kappa shape index (κ2) is 10.2. The average Bonchev–Trinajstić information content (AvgIpc) is 2.84. The van der Waals surface area contributed by atoms with Crippen molar-refractivity contribution in [1.29, 1.82) is 0 Å². The maximum Gasteiger partial charge on any atom is 0.339 e. The van der Waals surface area contributed by atoms with Crippen molar-refractivity contribution in [3.05, 3.63) is 99.5 Å². The van der Waals surface area contributed by atoms with Crippen LogP contribution >= 0.6 is 15.9 Å². The largest absolute Gasteiger partial charge is 0.478 e. The number of carboxylic acid groups (broad SMARTS) is 1. The fourth-order valence-electron chi connectivity index (χ4n) is 3.32. The second-order valence-electron chi connectivity index (χ2n) is 7.60. The molecule has 0 unspecified atom stereocenters. The molecule has 0 atom stereocenters. The molecule has 6 nitrogen and oxygen atoms in total. The van der Waals surface area contributed by atoms with Gasteiger partial charge >= 0.3 is 5.97 Å². The van der Waals surface area contributed by atoms with E-state index in [1.807, 2.05) is 30.3 Å². The normalized spacial score (nSPS) is 10.8. The zero-order valence-electron chi connectivity index (χ0n) is 18.4. The number of carbonyl (C=O) groups is 1. The highest BCUT2D eigenvalue weighted by Crippen LogP contribution is 2.34. The Kier molecular flexibility index (Phi) is 7.09. The van der Waals surface area contributed by atoms with Crippen molar-refractivity contribution in [2.45, 2.75) is 13.5 Å². The number of hydrogen-bond acceptors (Lipinski definition) is 5. The second-order valence-corrected chi connectivity index (χ2v) is 8.46. The minimum atomic E-state index is -1.28. The van der Waals surface area contributed by atoms with Gasteiger partial charge in [-0.2, -0.15) is 4.98 Å². The van der Waals surface area contributed by atoms with E-state index in [1.165, 1.54) is 12.1 Å². The number of nitrogens with two attached hydrogens (primary N) is 1. The minimum absolute atomic E-state index is 0.149. The van der Waals surface area contributed by atoms with Gasteiger partial charge in [0.2, 0.25) is 0 Å². The number of carboxylic acids is 1. The molecule has 0 radical (unpaired) electrons. The van der Waals surface area contributed by atoms with Crippen molar-refractivity contribution in [2.24, 2.45) is 5.73 Å². The SMILES string of the molecule is Cc1cc(Oc2nc(Oc3cccc(-c4cccc(CN)c4)c3)c(F)cc2F)c(C(=O)O)cc1Br. The number of hydrogen-bond donors (Lipinski definition) is 2. The van der Waals surface area contributed by atoms with Crippen LogP contribution in [0.4, 0.5) is 8.78 Å². The maximum absolute atomic E-state index is 14.5. The third kappa shape index (κ3) is 5.47. The van der Waals surface area contributed by atoms with E-state index in [-0.39, 0.29) is 17.1 Å². The van der Waals surface area contributed by atoms with E-state index in [4.69, 9.17) is 15.2 Å². The van der Waals surface area contributed by atoms with Crippen LogP contribution in [0.3, 0.4) is 0 Å². The molecule has 4 aromatic rings. The van der Waals surface area contributed by atoms with Gasteiger partial charge in [0, 0.05) is 17.1 Å². The van der Waals surface area contributed by atoms with Crippen molar-refractivity contribution in [3.63, 3.8) is 0 Å². The molecular weight excluding hydrogens is 522 g/mol. The highest BCUT2D eigenvalue weighted by Gasteiger charge is 2.20. The molecule has 0 saturated carbocycles. The third-order valence-corrected chi connectivity index (χ3v) is 5.96. The summed E-state index contributed by atoms with van der Waals surface area (Å²) in [4.78, 5) is 15.4. The fourth-order valence-corrected chi connectivity index (χ4v) is 3.66. The van der Waals surface area contributed by atoms with Gasteiger partial charge < -0.3 is 20.3 Å². The predicted molar refractivity (Wildman–Crippen MR) is 130 cm³/mol. The number of ether oxygens (including phenoxy) is 2. The summed E-state index contributed by atoms with van der Waals surface area (Å²) in [6.07, 6.45) is 0. The minimum Gasteiger partial charge on any atom is -0.478 e. The number of nitrogens with zero attached hydrogens (tertiary/aromatic N) is 1. The molecule has 3 N–H and O–H groups in total. The highest BCUT2D eigenvalue weighted by molar-refractivity contribution is 9.10. The molecule has 178 valence electrons. The first-order valence-electron chi connectivity index (χ1n) is 10.4. The van der Waals surface area contributed by atoms with Crippen molar-refractivity contribution < 1.29 is 28.2 Å². The number of benzene rings is 3. The molecule has 0 aliphatic heterocycles. The number of aromatic carboxylic acids is 1. The van der Waals surface area contributed by atoms with Crippen LogP contribution in [0.2, 0.25) is 0 Å². The molecule has 1 aromatic heterocycles. The van der Waals surface area contributed by atoms with Gasteiger partial charge in [0.25, 0.3) is 11.8 Å². The lowest BCUT2D eigenvalue weighted by atomic mass is 10.0. The van der Waals surface area contributed by atoms with Crippen LogP contribution in [0.15, 0.2) is 71.2 Å². The Balaban J connectivity index is 1.66. The molecule has 4 rings (SSSR count). The van der Waals surface area contributed by atoms with Gasteiger partial charge in [-0.15, -0.1) is 0 Å². The number of aromatic nitrogens is 1. The zero-order chi connectivity index (χ0) is 25.1. The summed E-state index contributed by atoms with van der Waals surface area (Å²) < 4.78 is 40.6. The molecule has 0 spiro atoms. The van der Waals surface area contributed by atoms with Crippen LogP contribution in [0.25, 0.3) is 11.1 Å². The summed E-state index contributed by atoms with van der Waals surface area (Å²) in [6, 6.07) is 17.8. The van der Waals surface area contributed by atoms with Gasteiger partial charge in [0.1, 0.15) is 17.1 Å². The van der Waals surface area contributed by atoms with E-state index < -0.39 is 29.4 Å². The summed E-state index contributed by atoms with van der Waals surface area (Å²) in [5, 5.41) is 9.47. The van der Waals surface area contributed by atoms with Gasteiger partial charge in [-0.3, -0.25) is 0 Å². The van der Waals surface area contributed by atoms with Gasteiger partial charge in [-0.1, -0.05) is 46.3 Å². The van der Waals surface area contributed by atoms with Gasteiger partial charge in [-0.25, -0.2) is 13.6 Å². The Hall–Kier alpha value is -3.82. The number of aryl methyl sites for hydroxylation is 1. The van der Waals surface area contributed by atoms with Gasteiger partial charge in [0.15, 0.2) is 11.6 Å². The number of rotatable bonds is 7. The fraction of sp³-hybridized carbons (Fsp3) is 0.0769. The van der Waals surface area contributed by atoms with Gasteiger partial charge in [0.05, 0.1) is 0 Å². The summed E-state index contributed by atoms with van der Waals surface area (Å²) >= 11 is 3.25. The first-order chi connectivity index (χ1) is 16.7. The van der Waals surface area contributed by atoms with Crippen LogP contribution < -0.4 is 15.2 Å². The topological polar surface area (TPSA) is 94.7 Å². The summed E-state index contributed by atoms with van der Waals surface area (Å²) in [6.45, 7) is 2.10. The van der Waals surface area contributed by atoms with E-state index in [2.05, 4.69) is 20.9 Å². The summed E-state index contributed by atoms with van der Waals surface area (Å²) in [5.74, 6) is -4.48. The Labute approximate surface area is 208 Å². The number of pyridine rings is 1. The van der Waals surface area contributed by atoms with E-state index in [0.29, 0.717) is 22.6 Å². The standard InChI is InChI=1S/C26H19BrF2N2O4/c1-14-8-23(19(26(32)33)11-20(14)27)35-25-22(29)12-21(28)24(31-25)34-18-7-3-6-17(10-18)16-5-2-4-15(9-16)13-30/h2-12H,13,30H2,1H3,(H,32,33). The molecule has 9 heteroatoms. The van der Waals surface area contributed by atoms with Crippen LogP contribution in [-0.2, 0) is 6.54 Å². The molecule has 1 heterocycles. The lowest BCUT2D eigenvalue weighted by molar-refractivity contribution is 0.0694. The van der Waals surface area contributed by atoms with Crippen LogP contribution in [-0.4, -0.2) is 16.1 Å². The Morgan fingerprint density at radius 1 is 0.971 bits per heavy atom. The molecule has 0 fully saturated rings. The quantitative estimate of drug-likeness (QED) is 0.266. The maximum atomic E-state index is 14.5. The Morgan fingerprint density at radius 2 is 1.63 bits per heavy atom. The molecule has 0 amide bonds. The van der Waals surface area contributed by atoms with Crippen molar-refractivity contribution in [2.75, 3.05) is 0 Å². The first kappa shape index (κ1) is 24.3. The molecule has 0 saturated heterocycles. The van der Waals surface area contributed by atoms with E-state index >= 15 is 0 Å². The van der Waals surface area contributed by atoms with E-state index in [1.54, 1.807) is 25.1 Å². The smallest absolute Gasteiger partial charge is 0.339 e. The average molecular weight is 541 g/mol. The monoisotopic (exact) mass is 540 g/mol. The predicted octanol–water partition coefficient (Wildman–Crippen LogP) is 6.84. The van der Waals surface area contributed by atoms with Crippen molar-refractivity contribution >= 4 is 21.9 Å². The lowest BCUT2D eigenvalue weighted by Crippen LogP contribution is -2.04. The zero-order valence-corrected chi connectivity index (χ0v) is 20.0. The molecule has 0 aliphatic rings. The van der Waals surface area contributed by atoms with Crippen LogP contribution in [0.1, 0.15) is 21.5 Å². The summed E-state index contributed by atoms with van der Waals surface area (Å²) in [5.41, 5.74) is 8.79. The van der Waals surface area contributed by atoms with Crippen molar-refractivity contribution in [3.8, 4) is 34.4 Å². The van der Waals surface area contributed by atoms with E-state index in [9.17, 15) is 18.7 Å². The van der Waals surface area contributed by atoms with Crippen molar-refractivity contribution in [1.82, 2.24) is 4.98 Å². The molecule has 3 aromatic carbocycles.